The molecule has 1 heterocycles. The van der Waals surface area contributed by atoms with Gasteiger partial charge in [-0.05, 0) is 24.1 Å². The number of thiazole rings is 1. The van der Waals surface area contributed by atoms with E-state index >= 15 is 0 Å². The average Bonchev–Trinajstić information content (AvgIpc) is 2.91. The van der Waals surface area contributed by atoms with Crippen LogP contribution in [-0.4, -0.2) is 28.1 Å². The molecule has 112 valence electrons. The fourth-order valence-corrected chi connectivity index (χ4v) is 2.64. The number of carbonyl (C=O) groups is 2. The molecule has 2 amide bonds. The van der Waals surface area contributed by atoms with Gasteiger partial charge < -0.3 is 15.7 Å². The maximum absolute atomic E-state index is 11.9. The number of carboxylic acid groups (broad SMARTS) is 1. The number of urea groups is 1. The van der Waals surface area contributed by atoms with Gasteiger partial charge in [0.1, 0.15) is 6.04 Å². The third-order valence-corrected chi connectivity index (χ3v) is 4.15. The highest BCUT2D eigenvalue weighted by Crippen LogP contribution is 2.21. The van der Waals surface area contributed by atoms with E-state index in [1.807, 2.05) is 19.1 Å². The molecule has 0 radical (unpaired) electrons. The number of nitrogens with one attached hydrogen (secondary N) is 2. The van der Waals surface area contributed by atoms with Crippen LogP contribution in [0, 0.1) is 5.92 Å². The summed E-state index contributed by atoms with van der Waals surface area (Å²) in [4.78, 5) is 27.3. The lowest BCUT2D eigenvalue weighted by Gasteiger charge is -2.20. The highest BCUT2D eigenvalue weighted by Gasteiger charge is 2.25. The molecule has 1 aromatic heterocycles. The number of hydrogen-bond acceptors (Lipinski definition) is 4. The molecule has 3 N–H and O–H groups in total. The number of benzene rings is 1. The summed E-state index contributed by atoms with van der Waals surface area (Å²) in [5.41, 5.74) is 3.21. The first-order valence-electron chi connectivity index (χ1n) is 6.64. The Bertz CT molecular complexity index is 656. The highest BCUT2D eigenvalue weighted by atomic mass is 32.1. The number of anilines is 1. The summed E-state index contributed by atoms with van der Waals surface area (Å²) in [6.45, 7) is 3.68. The minimum atomic E-state index is -1.03. The normalized spacial score (nSPS) is 13.6. The van der Waals surface area contributed by atoms with Crippen molar-refractivity contribution in [2.45, 2.75) is 26.3 Å². The van der Waals surface area contributed by atoms with Gasteiger partial charge in [0, 0.05) is 5.69 Å². The van der Waals surface area contributed by atoms with E-state index in [0.29, 0.717) is 12.1 Å². The first-order valence-corrected chi connectivity index (χ1v) is 7.52. The maximum atomic E-state index is 11.9. The number of aliphatic carboxylic acids is 1. The third-order valence-electron chi connectivity index (χ3n) is 3.35. The number of carboxylic acids is 1. The first-order chi connectivity index (χ1) is 10.0. The molecule has 0 aliphatic carbocycles. The number of aromatic nitrogens is 1. The van der Waals surface area contributed by atoms with Crippen LogP contribution in [0.4, 0.5) is 10.5 Å². The van der Waals surface area contributed by atoms with E-state index in [2.05, 4.69) is 15.6 Å². The number of amides is 2. The summed E-state index contributed by atoms with van der Waals surface area (Å²) in [5.74, 6) is -1.17. The Morgan fingerprint density at radius 2 is 2.19 bits per heavy atom. The Kier molecular flexibility index (Phi) is 4.74. The van der Waals surface area contributed by atoms with E-state index < -0.39 is 18.0 Å². The van der Waals surface area contributed by atoms with Gasteiger partial charge in [0.2, 0.25) is 0 Å². The number of carbonyl (C=O) groups excluding carboxylic acids is 1. The Balaban J connectivity index is 2.04. The van der Waals surface area contributed by atoms with Crippen molar-refractivity contribution in [3.63, 3.8) is 0 Å². The van der Waals surface area contributed by atoms with Gasteiger partial charge in [0.25, 0.3) is 0 Å². The molecule has 2 aromatic rings. The van der Waals surface area contributed by atoms with Crippen molar-refractivity contribution < 1.29 is 14.7 Å². The van der Waals surface area contributed by atoms with Crippen molar-refractivity contribution in [1.82, 2.24) is 10.3 Å². The standard InChI is InChI=1S/C14H17N3O3S/c1-3-8(2)12(13(18)19)17-14(20)16-9-4-5-10-11(6-9)21-7-15-10/h4-8,12H,3H2,1-2H3,(H,18,19)(H2,16,17,20). The summed E-state index contributed by atoms with van der Waals surface area (Å²) >= 11 is 1.48. The molecule has 0 saturated heterocycles. The van der Waals surface area contributed by atoms with Gasteiger partial charge in [-0.25, -0.2) is 14.6 Å². The van der Waals surface area contributed by atoms with Crippen LogP contribution in [-0.2, 0) is 4.79 Å². The van der Waals surface area contributed by atoms with Crippen LogP contribution in [0.3, 0.4) is 0 Å². The smallest absolute Gasteiger partial charge is 0.326 e. The molecule has 1 aromatic carbocycles. The Morgan fingerprint density at radius 1 is 1.43 bits per heavy atom. The molecule has 21 heavy (non-hydrogen) atoms. The zero-order valence-electron chi connectivity index (χ0n) is 11.8. The van der Waals surface area contributed by atoms with Gasteiger partial charge >= 0.3 is 12.0 Å². The topological polar surface area (TPSA) is 91.3 Å². The second-order valence-corrected chi connectivity index (χ2v) is 5.72. The lowest BCUT2D eigenvalue weighted by atomic mass is 9.99. The molecule has 2 unspecified atom stereocenters. The van der Waals surface area contributed by atoms with Crippen LogP contribution in [0.25, 0.3) is 10.2 Å². The maximum Gasteiger partial charge on any atom is 0.326 e. The fraction of sp³-hybridized carbons (Fsp3) is 0.357. The zero-order chi connectivity index (χ0) is 15.4. The number of nitrogens with zero attached hydrogens (tertiary/aromatic N) is 1. The molecule has 0 aliphatic heterocycles. The SMILES string of the molecule is CCC(C)C(NC(=O)Nc1ccc2ncsc2c1)C(=O)O. The van der Waals surface area contributed by atoms with Crippen LogP contribution in [0.1, 0.15) is 20.3 Å². The van der Waals surface area contributed by atoms with Crippen LogP contribution < -0.4 is 10.6 Å². The molecule has 0 spiro atoms. The van der Waals surface area contributed by atoms with Gasteiger partial charge in [-0.15, -0.1) is 11.3 Å². The summed E-state index contributed by atoms with van der Waals surface area (Å²) in [6, 6.07) is 3.94. The molecule has 2 atom stereocenters. The quantitative estimate of drug-likeness (QED) is 0.792. The van der Waals surface area contributed by atoms with Crippen molar-refractivity contribution in [2.24, 2.45) is 5.92 Å². The van der Waals surface area contributed by atoms with Crippen molar-refractivity contribution in [2.75, 3.05) is 5.32 Å². The number of rotatable bonds is 5. The predicted molar refractivity (Wildman–Crippen MR) is 82.7 cm³/mol. The fourth-order valence-electron chi connectivity index (χ4n) is 1.92. The summed E-state index contributed by atoms with van der Waals surface area (Å²) in [7, 11) is 0. The van der Waals surface area contributed by atoms with Crippen LogP contribution in [0.2, 0.25) is 0 Å². The van der Waals surface area contributed by atoms with Crippen LogP contribution in [0.5, 0.6) is 0 Å². The average molecular weight is 307 g/mol. The molecule has 0 bridgehead atoms. The Morgan fingerprint density at radius 3 is 2.86 bits per heavy atom. The van der Waals surface area contributed by atoms with E-state index in [4.69, 9.17) is 5.11 Å². The summed E-state index contributed by atoms with van der Waals surface area (Å²) in [5, 5.41) is 14.3. The molecule has 0 fully saturated rings. The predicted octanol–water partition coefficient (Wildman–Crippen LogP) is 2.92. The van der Waals surface area contributed by atoms with Gasteiger partial charge in [-0.1, -0.05) is 20.3 Å². The first kappa shape index (κ1) is 15.2. The van der Waals surface area contributed by atoms with Gasteiger partial charge in [0.05, 0.1) is 15.7 Å². The third kappa shape index (κ3) is 3.69. The zero-order valence-corrected chi connectivity index (χ0v) is 12.6. The van der Waals surface area contributed by atoms with Gasteiger partial charge in [-0.3, -0.25) is 0 Å². The lowest BCUT2D eigenvalue weighted by molar-refractivity contribution is -0.140. The molecule has 2 rings (SSSR count). The second kappa shape index (κ2) is 6.53. The van der Waals surface area contributed by atoms with Crippen molar-refractivity contribution in [3.05, 3.63) is 23.7 Å². The van der Waals surface area contributed by atoms with Crippen LogP contribution in [0.15, 0.2) is 23.7 Å². The number of fused-ring (bicyclic) bond motifs is 1. The molecule has 7 heteroatoms. The minimum absolute atomic E-state index is 0.141. The van der Waals surface area contributed by atoms with E-state index in [-0.39, 0.29) is 5.92 Å². The highest BCUT2D eigenvalue weighted by molar-refractivity contribution is 7.16. The van der Waals surface area contributed by atoms with Crippen molar-refractivity contribution >= 4 is 39.2 Å². The molecular weight excluding hydrogens is 290 g/mol. The monoisotopic (exact) mass is 307 g/mol. The van der Waals surface area contributed by atoms with E-state index in [9.17, 15) is 9.59 Å². The van der Waals surface area contributed by atoms with Crippen LogP contribution >= 0.6 is 11.3 Å². The van der Waals surface area contributed by atoms with E-state index in [0.717, 1.165) is 10.2 Å². The molecule has 0 saturated carbocycles. The minimum Gasteiger partial charge on any atom is -0.480 e. The summed E-state index contributed by atoms with van der Waals surface area (Å²) < 4.78 is 0.963. The molecule has 0 aliphatic rings. The molecular formula is C14H17N3O3S. The van der Waals surface area contributed by atoms with Crippen molar-refractivity contribution in [3.8, 4) is 0 Å². The van der Waals surface area contributed by atoms with Gasteiger partial charge in [-0.2, -0.15) is 0 Å². The lowest BCUT2D eigenvalue weighted by Crippen LogP contribution is -2.46. The van der Waals surface area contributed by atoms with Gasteiger partial charge in [0.15, 0.2) is 0 Å². The largest absolute Gasteiger partial charge is 0.480 e. The van der Waals surface area contributed by atoms with Crippen molar-refractivity contribution in [1.29, 1.82) is 0 Å². The van der Waals surface area contributed by atoms with E-state index in [1.54, 1.807) is 18.5 Å². The Labute approximate surface area is 126 Å². The summed E-state index contributed by atoms with van der Waals surface area (Å²) in [6.07, 6.45) is 0.671. The Hall–Kier alpha value is -2.15. The second-order valence-electron chi connectivity index (χ2n) is 4.83. The molecule has 6 nitrogen and oxygen atoms in total. The van der Waals surface area contributed by atoms with E-state index in [1.165, 1.54) is 11.3 Å². The number of hydrogen-bond donors (Lipinski definition) is 3.